The molecule has 0 N–H and O–H groups in total. The minimum absolute atomic E-state index is 0.173. The lowest BCUT2D eigenvalue weighted by molar-refractivity contribution is -0.0334. The Bertz CT molecular complexity index is 1320. The Balaban J connectivity index is 0.000000433. The maximum Gasteiger partial charge on any atom is 0.338 e. The molecule has 0 bridgehead atoms. The van der Waals surface area contributed by atoms with E-state index < -0.39 is 0 Å². The van der Waals surface area contributed by atoms with Crippen LogP contribution in [0.25, 0.3) is 6.08 Å². The van der Waals surface area contributed by atoms with E-state index in [-0.39, 0.29) is 17.5 Å². The van der Waals surface area contributed by atoms with Crippen molar-refractivity contribution in [3.05, 3.63) is 88.9 Å². The number of carbonyl (C=O) groups is 2. The van der Waals surface area contributed by atoms with Crippen LogP contribution in [0.3, 0.4) is 0 Å². The lowest BCUT2D eigenvalue weighted by Gasteiger charge is -2.31. The summed E-state index contributed by atoms with van der Waals surface area (Å²) in [5.41, 5.74) is 3.37. The van der Waals surface area contributed by atoms with Crippen LogP contribution in [0.1, 0.15) is 38.8 Å². The number of hydrogen-bond acceptors (Lipinski definition) is 9. The first-order valence-electron chi connectivity index (χ1n) is 12.4. The van der Waals surface area contributed by atoms with Crippen LogP contribution in [-0.4, -0.2) is 56.5 Å². The standard InChI is InChI=1S/C25H20N2O5.C4H8O2/c1-2-30-25(29)17-6-3-7-18(12-17)27-14-20-21(31-15-27)9-8-19-23(28)22(32-24(19)20)11-16-5-4-10-26-13-16;1-2-6-4-3-5-1/h3-13H,2,14-15H2,1H3;1-4H2/b22-11-;. The van der Waals surface area contributed by atoms with E-state index in [4.69, 9.17) is 23.7 Å². The molecule has 2 aromatic carbocycles. The van der Waals surface area contributed by atoms with Crippen molar-refractivity contribution in [1.29, 1.82) is 0 Å². The summed E-state index contributed by atoms with van der Waals surface area (Å²) in [7, 11) is 0. The fraction of sp³-hybridized carbons (Fsp3) is 0.276. The second-order valence-electron chi connectivity index (χ2n) is 8.61. The van der Waals surface area contributed by atoms with Crippen LogP contribution in [0.15, 0.2) is 66.7 Å². The van der Waals surface area contributed by atoms with E-state index in [1.54, 1.807) is 61.8 Å². The number of hydrogen-bond donors (Lipinski definition) is 0. The fourth-order valence-corrected chi connectivity index (χ4v) is 4.22. The third kappa shape index (κ3) is 5.69. The second kappa shape index (κ2) is 11.9. The molecule has 9 nitrogen and oxygen atoms in total. The highest BCUT2D eigenvalue weighted by atomic mass is 16.6. The number of ketones is 1. The van der Waals surface area contributed by atoms with Gasteiger partial charge in [-0.3, -0.25) is 9.78 Å². The van der Waals surface area contributed by atoms with Crippen molar-refractivity contribution < 1.29 is 33.3 Å². The smallest absolute Gasteiger partial charge is 0.338 e. The number of ether oxygens (including phenoxy) is 5. The summed E-state index contributed by atoms with van der Waals surface area (Å²) in [4.78, 5) is 31.1. The molecular weight excluding hydrogens is 488 g/mol. The van der Waals surface area contributed by atoms with E-state index in [1.165, 1.54) is 0 Å². The van der Waals surface area contributed by atoms with Gasteiger partial charge in [-0.2, -0.15) is 0 Å². The van der Waals surface area contributed by atoms with Crippen molar-refractivity contribution in [2.75, 3.05) is 44.7 Å². The van der Waals surface area contributed by atoms with Gasteiger partial charge in [0.05, 0.1) is 56.3 Å². The average molecular weight is 517 g/mol. The van der Waals surface area contributed by atoms with Gasteiger partial charge in [-0.1, -0.05) is 12.1 Å². The number of Topliss-reactive ketones (excluding diaryl/α,β-unsaturated/α-hetero) is 1. The zero-order chi connectivity index (χ0) is 26.3. The Morgan fingerprint density at radius 3 is 2.61 bits per heavy atom. The zero-order valence-electron chi connectivity index (χ0n) is 21.1. The predicted molar refractivity (Wildman–Crippen MR) is 139 cm³/mol. The first kappa shape index (κ1) is 25.4. The van der Waals surface area contributed by atoms with Crippen LogP contribution < -0.4 is 14.4 Å². The quantitative estimate of drug-likeness (QED) is 0.372. The van der Waals surface area contributed by atoms with E-state index in [9.17, 15) is 9.59 Å². The third-order valence-corrected chi connectivity index (χ3v) is 6.07. The molecule has 0 amide bonds. The number of benzene rings is 2. The molecule has 0 aliphatic carbocycles. The molecule has 196 valence electrons. The van der Waals surface area contributed by atoms with Gasteiger partial charge in [-0.25, -0.2) is 4.79 Å². The number of carbonyl (C=O) groups excluding carboxylic acids is 2. The zero-order valence-corrected chi connectivity index (χ0v) is 21.1. The monoisotopic (exact) mass is 516 g/mol. The Morgan fingerprint density at radius 2 is 1.89 bits per heavy atom. The summed E-state index contributed by atoms with van der Waals surface area (Å²) in [5.74, 6) is 0.898. The molecule has 3 aliphatic heterocycles. The van der Waals surface area contributed by atoms with Crippen LogP contribution in [0.2, 0.25) is 0 Å². The summed E-state index contributed by atoms with van der Waals surface area (Å²) >= 11 is 0. The number of esters is 1. The molecule has 1 fully saturated rings. The van der Waals surface area contributed by atoms with Crippen molar-refractivity contribution in [3.63, 3.8) is 0 Å². The van der Waals surface area contributed by atoms with Crippen molar-refractivity contribution in [1.82, 2.24) is 4.98 Å². The van der Waals surface area contributed by atoms with Crippen LogP contribution in [0.5, 0.6) is 11.5 Å². The number of nitrogens with zero attached hydrogens (tertiary/aromatic N) is 2. The number of allylic oxidation sites excluding steroid dienone is 1. The normalized spacial score (nSPS) is 16.9. The van der Waals surface area contributed by atoms with Crippen molar-refractivity contribution in [3.8, 4) is 11.5 Å². The van der Waals surface area contributed by atoms with E-state index in [0.717, 1.165) is 43.2 Å². The molecule has 1 saturated heterocycles. The largest absolute Gasteiger partial charge is 0.473 e. The van der Waals surface area contributed by atoms with Crippen LogP contribution in [0, 0.1) is 0 Å². The fourth-order valence-electron chi connectivity index (χ4n) is 4.22. The molecule has 3 aliphatic rings. The van der Waals surface area contributed by atoms with Gasteiger partial charge in [0.25, 0.3) is 0 Å². The maximum atomic E-state index is 12.9. The molecule has 1 aromatic heterocycles. The first-order valence-corrected chi connectivity index (χ1v) is 12.4. The van der Waals surface area contributed by atoms with E-state index in [2.05, 4.69) is 4.98 Å². The van der Waals surface area contributed by atoms with Crippen molar-refractivity contribution in [2.24, 2.45) is 0 Å². The van der Waals surface area contributed by atoms with Crippen LogP contribution in [-0.2, 0) is 20.8 Å². The second-order valence-corrected chi connectivity index (χ2v) is 8.61. The molecule has 0 saturated carbocycles. The molecule has 6 rings (SSSR count). The molecule has 9 heteroatoms. The van der Waals surface area contributed by atoms with Gasteiger partial charge in [-0.15, -0.1) is 0 Å². The Morgan fingerprint density at radius 1 is 1.08 bits per heavy atom. The minimum atomic E-state index is -0.368. The van der Waals surface area contributed by atoms with Crippen molar-refractivity contribution in [2.45, 2.75) is 13.5 Å². The topological polar surface area (TPSA) is 96.4 Å². The third-order valence-electron chi connectivity index (χ3n) is 6.07. The summed E-state index contributed by atoms with van der Waals surface area (Å²) in [5, 5.41) is 0. The Labute approximate surface area is 220 Å². The van der Waals surface area contributed by atoms with E-state index >= 15 is 0 Å². The molecule has 0 atom stereocenters. The number of fused-ring (bicyclic) bond motifs is 3. The Hall–Kier alpha value is -4.21. The van der Waals surface area contributed by atoms with Crippen molar-refractivity contribution >= 4 is 23.5 Å². The highest BCUT2D eigenvalue weighted by Gasteiger charge is 2.33. The molecule has 0 radical (unpaired) electrons. The first-order chi connectivity index (χ1) is 18.6. The average Bonchev–Trinajstić information content (AvgIpc) is 3.30. The summed E-state index contributed by atoms with van der Waals surface area (Å²) in [6.45, 7) is 5.98. The van der Waals surface area contributed by atoms with Gasteiger partial charge in [-0.05, 0) is 55.0 Å². The SMILES string of the molecule is C1COCCO1.CCOC(=O)c1cccc(N2COc3ccc4c(c3C2)O/C(=C\c2cccnc2)C4=O)c1. The maximum absolute atomic E-state index is 12.9. The number of anilines is 1. The van der Waals surface area contributed by atoms with Gasteiger partial charge in [0.15, 0.2) is 12.5 Å². The predicted octanol–water partition coefficient (Wildman–Crippen LogP) is 4.26. The lowest BCUT2D eigenvalue weighted by Crippen LogP contribution is -2.32. The summed E-state index contributed by atoms with van der Waals surface area (Å²) in [6.07, 6.45) is 5.03. The highest BCUT2D eigenvalue weighted by molar-refractivity contribution is 6.15. The van der Waals surface area contributed by atoms with E-state index in [0.29, 0.717) is 42.5 Å². The number of aromatic nitrogens is 1. The molecular formula is C29H28N2O7. The van der Waals surface area contributed by atoms with E-state index in [1.807, 2.05) is 17.0 Å². The highest BCUT2D eigenvalue weighted by Crippen LogP contribution is 2.42. The summed E-state index contributed by atoms with van der Waals surface area (Å²) < 4.78 is 26.9. The van der Waals surface area contributed by atoms with Gasteiger partial charge in [0.1, 0.15) is 11.5 Å². The number of pyridine rings is 1. The van der Waals surface area contributed by atoms with Crippen LogP contribution in [0.4, 0.5) is 5.69 Å². The van der Waals surface area contributed by atoms with Gasteiger partial charge < -0.3 is 28.6 Å². The molecule has 3 aromatic rings. The molecule has 38 heavy (non-hydrogen) atoms. The Kier molecular flexibility index (Phi) is 7.96. The lowest BCUT2D eigenvalue weighted by atomic mass is 10.0. The molecule has 4 heterocycles. The van der Waals surface area contributed by atoms with Gasteiger partial charge in [0.2, 0.25) is 5.78 Å². The minimum Gasteiger partial charge on any atom is -0.473 e. The number of rotatable bonds is 4. The van der Waals surface area contributed by atoms with Gasteiger partial charge >= 0.3 is 5.97 Å². The summed E-state index contributed by atoms with van der Waals surface area (Å²) in [6, 6.07) is 14.4. The van der Waals surface area contributed by atoms with Crippen LogP contribution >= 0.6 is 0 Å². The molecule has 0 unspecified atom stereocenters. The van der Waals surface area contributed by atoms with Gasteiger partial charge in [0, 0.05) is 18.1 Å². The molecule has 0 spiro atoms.